The molecule has 102 valence electrons. The zero-order chi connectivity index (χ0) is 13.1. The lowest BCUT2D eigenvalue weighted by Crippen LogP contribution is -2.47. The normalized spacial score (nSPS) is 20.4. The molecule has 1 heterocycles. The molecule has 1 aliphatic rings. The Hall–Kier alpha value is -0.130. The van der Waals surface area contributed by atoms with Gasteiger partial charge in [0.1, 0.15) is 0 Å². The third-order valence-electron chi connectivity index (χ3n) is 3.61. The lowest BCUT2D eigenvalue weighted by Gasteiger charge is -2.36. The van der Waals surface area contributed by atoms with Gasteiger partial charge in [0.15, 0.2) is 0 Å². The van der Waals surface area contributed by atoms with Crippen molar-refractivity contribution in [1.82, 2.24) is 9.21 Å². The Morgan fingerprint density at radius 2 is 1.82 bits per heavy atom. The molecule has 0 aromatic rings. The Bertz CT molecular complexity index is 319. The number of sulfonamides is 1. The summed E-state index contributed by atoms with van der Waals surface area (Å²) in [5, 5.41) is -0.318. The summed E-state index contributed by atoms with van der Waals surface area (Å²) in [6.45, 7) is 8.86. The first-order chi connectivity index (χ1) is 7.89. The number of hydrogen-bond acceptors (Lipinski definition) is 3. The van der Waals surface area contributed by atoms with E-state index in [1.807, 2.05) is 0 Å². The van der Waals surface area contributed by atoms with Gasteiger partial charge in [0.05, 0.1) is 5.25 Å². The standard InChI is InChI=1S/C12H26N2O2S/c1-5-8-14-9-6-12(7-10-14)13(4)17(15,16)11(2)3/h11-12H,5-10H2,1-4H3. The molecule has 1 aliphatic heterocycles. The molecule has 0 N–H and O–H groups in total. The van der Waals surface area contributed by atoms with Crippen LogP contribution in [-0.4, -0.2) is 55.6 Å². The minimum Gasteiger partial charge on any atom is -0.303 e. The largest absolute Gasteiger partial charge is 0.303 e. The Morgan fingerprint density at radius 1 is 1.29 bits per heavy atom. The summed E-state index contributed by atoms with van der Waals surface area (Å²) in [5.41, 5.74) is 0. The van der Waals surface area contributed by atoms with Crippen LogP contribution in [-0.2, 0) is 10.0 Å². The fraction of sp³-hybridized carbons (Fsp3) is 1.00. The lowest BCUT2D eigenvalue weighted by atomic mass is 10.1. The van der Waals surface area contributed by atoms with E-state index in [1.165, 1.54) is 6.42 Å². The summed E-state index contributed by atoms with van der Waals surface area (Å²) in [6, 6.07) is 0.190. The molecule has 0 aromatic carbocycles. The first-order valence-corrected chi connectivity index (χ1v) is 8.09. The van der Waals surface area contributed by atoms with Gasteiger partial charge in [-0.1, -0.05) is 6.92 Å². The number of hydrogen-bond donors (Lipinski definition) is 0. The lowest BCUT2D eigenvalue weighted by molar-refractivity contribution is 0.170. The highest BCUT2D eigenvalue weighted by Gasteiger charge is 2.31. The average Bonchev–Trinajstić information content (AvgIpc) is 2.29. The van der Waals surface area contributed by atoms with Crippen LogP contribution in [0.2, 0.25) is 0 Å². The van der Waals surface area contributed by atoms with E-state index in [-0.39, 0.29) is 11.3 Å². The van der Waals surface area contributed by atoms with Crippen LogP contribution >= 0.6 is 0 Å². The van der Waals surface area contributed by atoms with Gasteiger partial charge in [-0.2, -0.15) is 0 Å². The first-order valence-electron chi connectivity index (χ1n) is 6.58. The second-order valence-corrected chi connectivity index (χ2v) is 7.73. The van der Waals surface area contributed by atoms with Crippen molar-refractivity contribution in [2.45, 2.75) is 51.3 Å². The summed E-state index contributed by atoms with van der Waals surface area (Å²) >= 11 is 0. The van der Waals surface area contributed by atoms with Crippen LogP contribution in [0, 0.1) is 0 Å². The zero-order valence-electron chi connectivity index (χ0n) is 11.5. The second-order valence-electron chi connectivity index (χ2n) is 5.18. The Kier molecular flexibility index (Phi) is 5.41. The zero-order valence-corrected chi connectivity index (χ0v) is 12.3. The summed E-state index contributed by atoms with van der Waals surface area (Å²) < 4.78 is 25.7. The second kappa shape index (κ2) is 6.16. The van der Waals surface area contributed by atoms with Gasteiger partial charge in [-0.15, -0.1) is 0 Å². The highest BCUT2D eigenvalue weighted by molar-refractivity contribution is 7.89. The fourth-order valence-electron chi connectivity index (χ4n) is 2.36. The summed E-state index contributed by atoms with van der Waals surface area (Å²) in [5.74, 6) is 0. The third kappa shape index (κ3) is 3.66. The Balaban J connectivity index is 2.54. The summed E-state index contributed by atoms with van der Waals surface area (Å²) in [6.07, 6.45) is 3.09. The minimum absolute atomic E-state index is 0.190. The molecular formula is C12H26N2O2S. The Morgan fingerprint density at radius 3 is 2.24 bits per heavy atom. The van der Waals surface area contributed by atoms with Gasteiger partial charge in [0.2, 0.25) is 10.0 Å². The van der Waals surface area contributed by atoms with Crippen molar-refractivity contribution in [1.29, 1.82) is 0 Å². The molecule has 5 heteroatoms. The smallest absolute Gasteiger partial charge is 0.216 e. The fourth-order valence-corrected chi connectivity index (χ4v) is 3.65. The molecule has 0 amide bonds. The minimum atomic E-state index is -3.09. The molecule has 17 heavy (non-hydrogen) atoms. The van der Waals surface area contributed by atoms with Crippen molar-refractivity contribution in [2.75, 3.05) is 26.7 Å². The van der Waals surface area contributed by atoms with Gasteiger partial charge in [0, 0.05) is 13.1 Å². The van der Waals surface area contributed by atoms with Crippen LogP contribution in [0.25, 0.3) is 0 Å². The number of nitrogens with zero attached hydrogens (tertiary/aromatic N) is 2. The molecule has 4 nitrogen and oxygen atoms in total. The first kappa shape index (κ1) is 14.9. The van der Waals surface area contributed by atoms with E-state index >= 15 is 0 Å². The number of likely N-dealkylation sites (tertiary alicyclic amines) is 1. The number of rotatable bonds is 5. The molecule has 0 spiro atoms. The molecule has 0 bridgehead atoms. The summed E-state index contributed by atoms with van der Waals surface area (Å²) in [4.78, 5) is 2.42. The van der Waals surface area contributed by atoms with Crippen molar-refractivity contribution in [3.63, 3.8) is 0 Å². The molecule has 0 saturated carbocycles. The van der Waals surface area contributed by atoms with E-state index in [2.05, 4.69) is 11.8 Å². The van der Waals surface area contributed by atoms with Crippen LogP contribution < -0.4 is 0 Å². The van der Waals surface area contributed by atoms with E-state index in [9.17, 15) is 8.42 Å². The summed E-state index contributed by atoms with van der Waals surface area (Å²) in [7, 11) is -1.36. The quantitative estimate of drug-likeness (QED) is 0.754. The van der Waals surface area contributed by atoms with Crippen molar-refractivity contribution in [3.8, 4) is 0 Å². The maximum Gasteiger partial charge on any atom is 0.216 e. The highest BCUT2D eigenvalue weighted by atomic mass is 32.2. The topological polar surface area (TPSA) is 40.6 Å². The predicted molar refractivity (Wildman–Crippen MR) is 71.6 cm³/mol. The van der Waals surface area contributed by atoms with Crippen molar-refractivity contribution in [2.24, 2.45) is 0 Å². The molecule has 0 radical (unpaired) electrons. The van der Waals surface area contributed by atoms with Crippen LogP contribution in [0.1, 0.15) is 40.0 Å². The molecule has 1 fully saturated rings. The van der Waals surface area contributed by atoms with Crippen molar-refractivity contribution in [3.05, 3.63) is 0 Å². The van der Waals surface area contributed by atoms with Crippen molar-refractivity contribution >= 4 is 10.0 Å². The van der Waals surface area contributed by atoms with E-state index in [0.29, 0.717) is 0 Å². The SMILES string of the molecule is CCCN1CCC(N(C)S(=O)(=O)C(C)C)CC1. The van der Waals surface area contributed by atoms with Crippen LogP contribution in [0.5, 0.6) is 0 Å². The maximum absolute atomic E-state index is 12.0. The molecule has 0 aromatic heterocycles. The molecular weight excluding hydrogens is 236 g/mol. The average molecular weight is 262 g/mol. The van der Waals surface area contributed by atoms with Gasteiger partial charge < -0.3 is 4.90 Å². The van der Waals surface area contributed by atoms with Crippen molar-refractivity contribution < 1.29 is 8.42 Å². The van der Waals surface area contributed by atoms with Gasteiger partial charge in [-0.3, -0.25) is 0 Å². The number of piperidine rings is 1. The predicted octanol–water partition coefficient (Wildman–Crippen LogP) is 1.53. The van der Waals surface area contributed by atoms with Gasteiger partial charge in [0.25, 0.3) is 0 Å². The van der Waals surface area contributed by atoms with Crippen LogP contribution in [0.4, 0.5) is 0 Å². The monoisotopic (exact) mass is 262 g/mol. The molecule has 1 saturated heterocycles. The highest BCUT2D eigenvalue weighted by Crippen LogP contribution is 2.20. The van der Waals surface area contributed by atoms with Gasteiger partial charge >= 0.3 is 0 Å². The molecule has 0 aliphatic carbocycles. The van der Waals surface area contributed by atoms with Gasteiger partial charge in [-0.25, -0.2) is 12.7 Å². The van der Waals surface area contributed by atoms with E-state index in [0.717, 1.165) is 32.5 Å². The third-order valence-corrected chi connectivity index (χ3v) is 5.90. The van der Waals surface area contributed by atoms with Crippen LogP contribution in [0.15, 0.2) is 0 Å². The maximum atomic E-state index is 12.0. The van der Waals surface area contributed by atoms with E-state index in [4.69, 9.17) is 0 Å². The molecule has 0 unspecified atom stereocenters. The van der Waals surface area contributed by atoms with E-state index in [1.54, 1.807) is 25.2 Å². The van der Waals surface area contributed by atoms with Gasteiger partial charge in [-0.05, 0) is 52.7 Å². The van der Waals surface area contributed by atoms with Crippen LogP contribution in [0.3, 0.4) is 0 Å². The molecule has 1 rings (SSSR count). The Labute approximate surface area is 106 Å². The molecule has 0 atom stereocenters. The van der Waals surface area contributed by atoms with E-state index < -0.39 is 10.0 Å².